The summed E-state index contributed by atoms with van der Waals surface area (Å²) in [6, 6.07) is 11.3. The highest BCUT2D eigenvalue weighted by molar-refractivity contribution is 7.85. The van der Waals surface area contributed by atoms with Crippen LogP contribution in [-0.4, -0.2) is 29.9 Å². The summed E-state index contributed by atoms with van der Waals surface area (Å²) in [5.74, 6) is 0.844. The summed E-state index contributed by atoms with van der Waals surface area (Å²) in [7, 11) is -3.38. The molecule has 0 aliphatic heterocycles. The number of nitro benzene ring substituents is 2. The molecule has 0 saturated carbocycles. The minimum Gasteiger partial charge on any atom is -0.744 e. The predicted molar refractivity (Wildman–Crippen MR) is 94.9 cm³/mol. The van der Waals surface area contributed by atoms with Gasteiger partial charge >= 0.3 is 11.8 Å². The molecule has 0 N–H and O–H groups in total. The van der Waals surface area contributed by atoms with Gasteiger partial charge in [0.2, 0.25) is 0 Å². The van der Waals surface area contributed by atoms with Crippen molar-refractivity contribution in [2.45, 2.75) is 4.90 Å². The van der Waals surface area contributed by atoms with Gasteiger partial charge in [0.1, 0.15) is 26.1 Å². The first kappa shape index (κ1) is 20.7. The van der Waals surface area contributed by atoms with Gasteiger partial charge in [-0.15, -0.1) is 0 Å². The Morgan fingerprint density at radius 3 is 2.25 bits per heavy atom. The molecule has 12 heteroatoms. The minimum absolute atomic E-state index is 0.421. The third kappa shape index (κ3) is 4.75. The normalized spacial score (nSPS) is 10.6. The van der Waals surface area contributed by atoms with E-state index in [4.69, 9.17) is 9.15 Å². The Hall–Kier alpha value is -3.64. The van der Waals surface area contributed by atoms with Crippen LogP contribution in [0.15, 0.2) is 64.1 Å². The maximum absolute atomic E-state index is 10.6. The predicted octanol–water partition coefficient (Wildman–Crippen LogP) is 3.13. The van der Waals surface area contributed by atoms with Crippen molar-refractivity contribution in [2.24, 2.45) is 0 Å². The van der Waals surface area contributed by atoms with Crippen LogP contribution in [0.25, 0.3) is 11.0 Å². The van der Waals surface area contributed by atoms with Gasteiger partial charge in [0.05, 0.1) is 29.1 Å². The molecule has 28 heavy (non-hydrogen) atoms. The van der Waals surface area contributed by atoms with Crippen LogP contribution in [0, 0.1) is 20.2 Å². The van der Waals surface area contributed by atoms with Crippen LogP contribution in [0.3, 0.4) is 0 Å². The smallest absolute Gasteiger partial charge is 0.363 e. The molecule has 1 heterocycles. The van der Waals surface area contributed by atoms with E-state index in [9.17, 15) is 33.2 Å². The van der Waals surface area contributed by atoms with Crippen molar-refractivity contribution in [2.75, 3.05) is 7.11 Å². The van der Waals surface area contributed by atoms with Crippen LogP contribution in [0.1, 0.15) is 0 Å². The Bertz CT molecular complexity index is 1140. The molecule has 2 aromatic carbocycles. The lowest BCUT2D eigenvalue weighted by molar-refractivity contribution is -0.396. The lowest BCUT2D eigenvalue weighted by Crippen LogP contribution is -2.04. The first-order valence-corrected chi connectivity index (χ1v) is 8.78. The SMILES string of the molecule is COc1cc[o+]c2ccccc12.O=[N+]([O-])c1ccc(S(=O)(=O)[O-])c([N+](=O)[O-])c1. The number of nitrogens with zero attached hydrogens (tertiary/aromatic N) is 2. The number of methoxy groups -OCH3 is 1. The van der Waals surface area contributed by atoms with E-state index in [1.807, 2.05) is 30.3 Å². The molecule has 3 rings (SSSR count). The van der Waals surface area contributed by atoms with Crippen molar-refractivity contribution in [3.63, 3.8) is 0 Å². The zero-order valence-electron chi connectivity index (χ0n) is 14.2. The van der Waals surface area contributed by atoms with E-state index >= 15 is 0 Å². The van der Waals surface area contributed by atoms with Gasteiger partial charge < -0.3 is 9.29 Å². The molecule has 0 saturated heterocycles. The summed E-state index contributed by atoms with van der Waals surface area (Å²) < 4.78 is 42.3. The Morgan fingerprint density at radius 2 is 1.68 bits per heavy atom. The molecule has 0 aliphatic carbocycles. The van der Waals surface area contributed by atoms with Crippen molar-refractivity contribution in [1.29, 1.82) is 0 Å². The largest absolute Gasteiger partial charge is 0.744 e. The number of para-hydroxylation sites is 1. The zero-order valence-corrected chi connectivity index (χ0v) is 15.0. The number of hydrogen-bond acceptors (Lipinski definition) is 8. The van der Waals surface area contributed by atoms with Gasteiger partial charge in [-0.1, -0.05) is 12.1 Å². The molecule has 3 aromatic rings. The second-order valence-corrected chi connectivity index (χ2v) is 6.45. The number of non-ortho nitro benzene ring substituents is 1. The quantitative estimate of drug-likeness (QED) is 0.273. The summed E-state index contributed by atoms with van der Waals surface area (Å²) in [5.41, 5.74) is -0.930. The zero-order chi connectivity index (χ0) is 20.9. The van der Waals surface area contributed by atoms with Crippen LogP contribution in [0.5, 0.6) is 5.75 Å². The van der Waals surface area contributed by atoms with E-state index in [1.165, 1.54) is 0 Å². The lowest BCUT2D eigenvalue weighted by atomic mass is 10.2. The second-order valence-electron chi connectivity index (χ2n) is 5.11. The maximum atomic E-state index is 10.6. The monoisotopic (exact) mass is 408 g/mol. The van der Waals surface area contributed by atoms with Gasteiger partial charge in [-0.05, 0) is 12.1 Å². The summed E-state index contributed by atoms with van der Waals surface area (Å²) in [4.78, 5) is 17.5. The number of benzene rings is 2. The topological polar surface area (TPSA) is 164 Å². The fourth-order valence-electron chi connectivity index (χ4n) is 2.18. The average molecular weight is 408 g/mol. The second kappa shape index (κ2) is 8.37. The molecule has 0 bridgehead atoms. The van der Waals surface area contributed by atoms with E-state index in [0.29, 0.717) is 18.2 Å². The first-order valence-electron chi connectivity index (χ1n) is 7.37. The van der Waals surface area contributed by atoms with Gasteiger partial charge in [0.15, 0.2) is 0 Å². The van der Waals surface area contributed by atoms with Crippen LogP contribution in [0.4, 0.5) is 11.4 Å². The summed E-state index contributed by atoms with van der Waals surface area (Å²) in [6.45, 7) is 0. The maximum Gasteiger partial charge on any atom is 0.363 e. The molecule has 0 fully saturated rings. The van der Waals surface area contributed by atoms with Gasteiger partial charge in [-0.25, -0.2) is 12.8 Å². The van der Waals surface area contributed by atoms with E-state index in [2.05, 4.69) is 0 Å². The van der Waals surface area contributed by atoms with Gasteiger partial charge in [-0.2, -0.15) is 0 Å². The highest BCUT2D eigenvalue weighted by Gasteiger charge is 2.22. The first-order chi connectivity index (χ1) is 13.1. The number of nitro groups is 2. The van der Waals surface area contributed by atoms with Crippen LogP contribution in [0.2, 0.25) is 0 Å². The van der Waals surface area contributed by atoms with Crippen molar-refractivity contribution >= 4 is 32.5 Å². The number of rotatable bonds is 4. The van der Waals surface area contributed by atoms with Crippen LogP contribution in [-0.2, 0) is 10.1 Å². The molecular formula is C16H12N2O9S. The van der Waals surface area contributed by atoms with Crippen molar-refractivity contribution in [1.82, 2.24) is 0 Å². The third-order valence-corrected chi connectivity index (χ3v) is 4.29. The molecular weight excluding hydrogens is 396 g/mol. The van der Waals surface area contributed by atoms with E-state index in [1.54, 1.807) is 13.4 Å². The average Bonchev–Trinajstić information content (AvgIpc) is 2.66. The van der Waals surface area contributed by atoms with Crippen LogP contribution >= 0.6 is 0 Å². The molecule has 0 radical (unpaired) electrons. The highest BCUT2D eigenvalue weighted by atomic mass is 32.2. The van der Waals surface area contributed by atoms with Gasteiger partial charge in [-0.3, -0.25) is 20.2 Å². The number of ether oxygens (including phenoxy) is 1. The molecule has 1 aromatic heterocycles. The number of fused-ring (bicyclic) bond motifs is 1. The molecule has 0 atom stereocenters. The van der Waals surface area contributed by atoms with E-state index in [-0.39, 0.29) is 0 Å². The fourth-order valence-corrected chi connectivity index (χ4v) is 2.81. The Kier molecular flexibility index (Phi) is 6.18. The highest BCUT2D eigenvalue weighted by Crippen LogP contribution is 2.28. The standard InChI is InChI=1S/C10H9O2.C6H4N2O7S/c1-11-9-6-7-12-10-5-3-2-4-8(9)10;9-7(10)4-1-2-6(16(13,14)15)5(3-4)8(11)12/h2-7H,1H3;1-3H,(H,13,14,15)/q+1;/p-1. The molecule has 0 unspecified atom stereocenters. The summed E-state index contributed by atoms with van der Waals surface area (Å²) >= 11 is 0. The van der Waals surface area contributed by atoms with E-state index in [0.717, 1.165) is 16.7 Å². The molecule has 0 aliphatic rings. The van der Waals surface area contributed by atoms with Crippen molar-refractivity contribution < 1.29 is 32.0 Å². The molecule has 0 amide bonds. The fraction of sp³-hybridized carbons (Fsp3) is 0.0625. The van der Waals surface area contributed by atoms with Gasteiger partial charge in [0.25, 0.3) is 11.4 Å². The Balaban J connectivity index is 0.000000207. The van der Waals surface area contributed by atoms with Gasteiger partial charge in [0, 0.05) is 12.1 Å². The third-order valence-electron chi connectivity index (χ3n) is 3.41. The minimum atomic E-state index is -5.04. The summed E-state index contributed by atoms with van der Waals surface area (Å²) in [6.07, 6.45) is 1.63. The molecule has 11 nitrogen and oxygen atoms in total. The lowest BCUT2D eigenvalue weighted by Gasteiger charge is -2.06. The van der Waals surface area contributed by atoms with Crippen molar-refractivity contribution in [3.8, 4) is 5.75 Å². The molecule has 0 spiro atoms. The van der Waals surface area contributed by atoms with E-state index < -0.39 is 36.2 Å². The van der Waals surface area contributed by atoms with Crippen molar-refractivity contribution in [3.05, 3.63) is 75.0 Å². The Labute approximate surface area is 157 Å². The van der Waals surface area contributed by atoms with Crippen LogP contribution < -0.4 is 4.74 Å². The number of hydrogen-bond donors (Lipinski definition) is 0. The molecule has 146 valence electrons. The Morgan fingerprint density at radius 1 is 1.00 bits per heavy atom. The summed E-state index contributed by atoms with van der Waals surface area (Å²) in [5, 5.41) is 21.7.